The molecule has 0 aliphatic heterocycles. The van der Waals surface area contributed by atoms with E-state index in [-0.39, 0.29) is 6.04 Å². The molecule has 0 fully saturated rings. The molecule has 0 aliphatic rings. The first-order valence-corrected chi connectivity index (χ1v) is 6.55. The third kappa shape index (κ3) is 2.52. The van der Waals surface area contributed by atoms with Crippen LogP contribution in [0.4, 0.5) is 0 Å². The Bertz CT molecular complexity index is 604. The van der Waals surface area contributed by atoms with E-state index < -0.39 is 0 Å². The fourth-order valence-corrected chi connectivity index (χ4v) is 2.53. The number of aryl methyl sites for hydroxylation is 3. The summed E-state index contributed by atoms with van der Waals surface area (Å²) in [7, 11) is 1.93. The molecule has 3 N–H and O–H groups in total. The fourth-order valence-electron chi connectivity index (χ4n) is 2.34. The van der Waals surface area contributed by atoms with Crippen LogP contribution in [0.25, 0.3) is 0 Å². The van der Waals surface area contributed by atoms with Crippen molar-refractivity contribution in [1.82, 2.24) is 15.2 Å². The zero-order valence-electron chi connectivity index (χ0n) is 11.7. The van der Waals surface area contributed by atoms with Crippen molar-refractivity contribution >= 4 is 11.6 Å². The highest BCUT2D eigenvalue weighted by Gasteiger charge is 2.21. The molecule has 0 radical (unpaired) electrons. The van der Waals surface area contributed by atoms with Crippen LogP contribution in [0, 0.1) is 20.8 Å². The Hall–Kier alpha value is -1.36. The molecule has 102 valence electrons. The van der Waals surface area contributed by atoms with E-state index >= 15 is 0 Å². The molecule has 19 heavy (non-hydrogen) atoms. The molecule has 0 aliphatic carbocycles. The summed E-state index contributed by atoms with van der Waals surface area (Å²) in [5.41, 5.74) is 8.13. The minimum absolute atomic E-state index is 0.105. The monoisotopic (exact) mass is 278 g/mol. The van der Waals surface area contributed by atoms with Gasteiger partial charge in [-0.3, -0.25) is 10.5 Å². The van der Waals surface area contributed by atoms with Crippen LogP contribution in [0.5, 0.6) is 0 Å². The third-order valence-corrected chi connectivity index (χ3v) is 3.96. The summed E-state index contributed by atoms with van der Waals surface area (Å²) in [5.74, 6) is 5.74. The number of hydrogen-bond acceptors (Lipinski definition) is 3. The Labute approximate surface area is 118 Å². The van der Waals surface area contributed by atoms with Gasteiger partial charge in [-0.2, -0.15) is 5.10 Å². The van der Waals surface area contributed by atoms with Crippen molar-refractivity contribution < 1.29 is 0 Å². The zero-order chi connectivity index (χ0) is 14.2. The van der Waals surface area contributed by atoms with Crippen molar-refractivity contribution in [3.05, 3.63) is 51.3 Å². The predicted molar refractivity (Wildman–Crippen MR) is 78.0 cm³/mol. The number of nitrogens with zero attached hydrogens (tertiary/aromatic N) is 2. The molecule has 1 unspecified atom stereocenters. The minimum atomic E-state index is -0.105. The molecule has 1 heterocycles. The van der Waals surface area contributed by atoms with E-state index in [0.717, 1.165) is 33.1 Å². The topological polar surface area (TPSA) is 55.9 Å². The molecule has 2 aromatic rings. The van der Waals surface area contributed by atoms with Crippen LogP contribution in [0.2, 0.25) is 5.02 Å². The molecule has 1 aromatic carbocycles. The molecular weight excluding hydrogens is 260 g/mol. The number of hydrazine groups is 1. The van der Waals surface area contributed by atoms with Crippen LogP contribution in [0.1, 0.15) is 34.1 Å². The highest BCUT2D eigenvalue weighted by molar-refractivity contribution is 6.31. The van der Waals surface area contributed by atoms with E-state index in [4.69, 9.17) is 17.4 Å². The lowest BCUT2D eigenvalue weighted by atomic mass is 9.97. The van der Waals surface area contributed by atoms with Gasteiger partial charge in [-0.15, -0.1) is 0 Å². The predicted octanol–water partition coefficient (Wildman–Crippen LogP) is 2.55. The smallest absolute Gasteiger partial charge is 0.0746 e. The van der Waals surface area contributed by atoms with Crippen molar-refractivity contribution in [2.45, 2.75) is 26.8 Å². The maximum Gasteiger partial charge on any atom is 0.0746 e. The summed E-state index contributed by atoms with van der Waals surface area (Å²) in [6.45, 7) is 6.01. The Morgan fingerprint density at radius 2 is 2.00 bits per heavy atom. The average molecular weight is 279 g/mol. The molecule has 5 heteroatoms. The van der Waals surface area contributed by atoms with E-state index in [1.807, 2.05) is 50.7 Å². The summed E-state index contributed by atoms with van der Waals surface area (Å²) in [6.07, 6.45) is 0. The molecule has 0 bridgehead atoms. The molecule has 1 atom stereocenters. The molecule has 0 spiro atoms. The number of aromatic nitrogens is 2. The number of benzene rings is 1. The van der Waals surface area contributed by atoms with E-state index in [0.29, 0.717) is 0 Å². The average Bonchev–Trinajstić information content (AvgIpc) is 2.61. The van der Waals surface area contributed by atoms with Crippen LogP contribution in [0.3, 0.4) is 0 Å². The lowest BCUT2D eigenvalue weighted by molar-refractivity contribution is 0.628. The van der Waals surface area contributed by atoms with Gasteiger partial charge in [0, 0.05) is 23.3 Å². The molecule has 0 saturated heterocycles. The lowest BCUT2D eigenvalue weighted by Gasteiger charge is -2.18. The Morgan fingerprint density at radius 1 is 1.32 bits per heavy atom. The van der Waals surface area contributed by atoms with Crippen LogP contribution in [-0.2, 0) is 7.05 Å². The number of nitrogens with two attached hydrogens (primary N) is 1. The maximum absolute atomic E-state index is 6.20. The number of rotatable bonds is 3. The van der Waals surface area contributed by atoms with Gasteiger partial charge in [0.15, 0.2) is 0 Å². The SMILES string of the molecule is Cc1ccc(C(NN)c2c(C)nn(C)c2C)cc1Cl. The van der Waals surface area contributed by atoms with Crippen molar-refractivity contribution in [3.63, 3.8) is 0 Å². The highest BCUT2D eigenvalue weighted by atomic mass is 35.5. The molecule has 0 amide bonds. The minimum Gasteiger partial charge on any atom is -0.272 e. The van der Waals surface area contributed by atoms with Crippen molar-refractivity contribution in [3.8, 4) is 0 Å². The number of nitrogens with one attached hydrogen (secondary N) is 1. The highest BCUT2D eigenvalue weighted by Crippen LogP contribution is 2.29. The standard InChI is InChI=1S/C14H19ClN4/c1-8-5-6-11(7-12(8)15)14(17-16)13-9(2)18-19(4)10(13)3/h5-7,14,17H,16H2,1-4H3. The molecule has 2 rings (SSSR count). The largest absolute Gasteiger partial charge is 0.272 e. The van der Waals surface area contributed by atoms with Gasteiger partial charge in [0.25, 0.3) is 0 Å². The number of hydrogen-bond donors (Lipinski definition) is 2. The van der Waals surface area contributed by atoms with Crippen LogP contribution >= 0.6 is 11.6 Å². The van der Waals surface area contributed by atoms with E-state index in [2.05, 4.69) is 10.5 Å². The summed E-state index contributed by atoms with van der Waals surface area (Å²) < 4.78 is 1.87. The third-order valence-electron chi connectivity index (χ3n) is 3.55. The van der Waals surface area contributed by atoms with Crippen LogP contribution in [0.15, 0.2) is 18.2 Å². The van der Waals surface area contributed by atoms with E-state index in [1.165, 1.54) is 0 Å². The van der Waals surface area contributed by atoms with Crippen LogP contribution in [-0.4, -0.2) is 9.78 Å². The first-order valence-electron chi connectivity index (χ1n) is 6.18. The first kappa shape index (κ1) is 14.1. The lowest BCUT2D eigenvalue weighted by Crippen LogP contribution is -2.29. The Balaban J connectivity index is 2.52. The van der Waals surface area contributed by atoms with Gasteiger partial charge in [0.1, 0.15) is 0 Å². The van der Waals surface area contributed by atoms with Gasteiger partial charge >= 0.3 is 0 Å². The molecule has 0 saturated carbocycles. The summed E-state index contributed by atoms with van der Waals surface area (Å²) in [6, 6.07) is 5.89. The maximum atomic E-state index is 6.20. The Morgan fingerprint density at radius 3 is 2.47 bits per heavy atom. The molecule has 4 nitrogen and oxygen atoms in total. The van der Waals surface area contributed by atoms with Crippen LogP contribution < -0.4 is 11.3 Å². The Kier molecular flexibility index (Phi) is 3.94. The van der Waals surface area contributed by atoms with Crippen molar-refractivity contribution in [2.75, 3.05) is 0 Å². The fraction of sp³-hybridized carbons (Fsp3) is 0.357. The summed E-state index contributed by atoms with van der Waals surface area (Å²) >= 11 is 6.20. The second-order valence-corrected chi connectivity index (χ2v) is 5.22. The second kappa shape index (κ2) is 5.33. The van der Waals surface area contributed by atoms with Gasteiger partial charge in [-0.05, 0) is 38.0 Å². The summed E-state index contributed by atoms with van der Waals surface area (Å²) in [5, 5.41) is 5.18. The van der Waals surface area contributed by atoms with Gasteiger partial charge in [0.2, 0.25) is 0 Å². The first-order chi connectivity index (χ1) is 8.95. The van der Waals surface area contributed by atoms with Gasteiger partial charge in [-0.25, -0.2) is 5.43 Å². The quantitative estimate of drug-likeness (QED) is 0.670. The molecule has 1 aromatic heterocycles. The zero-order valence-corrected chi connectivity index (χ0v) is 12.4. The van der Waals surface area contributed by atoms with Crippen molar-refractivity contribution in [2.24, 2.45) is 12.9 Å². The van der Waals surface area contributed by atoms with Gasteiger partial charge in [0.05, 0.1) is 11.7 Å². The van der Waals surface area contributed by atoms with E-state index in [9.17, 15) is 0 Å². The molecular formula is C14H19ClN4. The normalized spacial score (nSPS) is 12.7. The van der Waals surface area contributed by atoms with E-state index in [1.54, 1.807) is 0 Å². The summed E-state index contributed by atoms with van der Waals surface area (Å²) in [4.78, 5) is 0. The second-order valence-electron chi connectivity index (χ2n) is 4.82. The van der Waals surface area contributed by atoms with Gasteiger partial charge < -0.3 is 0 Å². The van der Waals surface area contributed by atoms with Crippen molar-refractivity contribution in [1.29, 1.82) is 0 Å². The van der Waals surface area contributed by atoms with Gasteiger partial charge in [-0.1, -0.05) is 23.7 Å². The number of halogens is 1.